The third-order valence-corrected chi connectivity index (χ3v) is 7.38. The lowest BCUT2D eigenvalue weighted by Gasteiger charge is -2.37. The summed E-state index contributed by atoms with van der Waals surface area (Å²) >= 11 is 1.83. The van der Waals surface area contributed by atoms with Crippen molar-refractivity contribution in [3.63, 3.8) is 0 Å². The predicted octanol–water partition coefficient (Wildman–Crippen LogP) is 2.90. The topological polar surface area (TPSA) is 61.9 Å². The predicted molar refractivity (Wildman–Crippen MR) is 106 cm³/mol. The van der Waals surface area contributed by atoms with Crippen LogP contribution in [0.15, 0.2) is 12.1 Å². The molecule has 0 aromatic heterocycles. The van der Waals surface area contributed by atoms with E-state index in [2.05, 4.69) is 5.32 Å². The largest absolute Gasteiger partial charge is 0.442 e. The van der Waals surface area contributed by atoms with E-state index in [1.165, 1.54) is 17.0 Å². The molecule has 3 aliphatic heterocycles. The number of carbonyl (C=O) groups is 2. The highest BCUT2D eigenvalue weighted by Crippen LogP contribution is 2.41. The molecule has 0 radical (unpaired) electrons. The number of nitrogens with one attached hydrogen (secondary N) is 1. The molecule has 29 heavy (non-hydrogen) atoms. The van der Waals surface area contributed by atoms with Crippen LogP contribution in [0.3, 0.4) is 0 Å². The number of fused-ring (bicyclic) bond motifs is 2. The summed E-state index contributed by atoms with van der Waals surface area (Å²) in [5.41, 5.74) is 0.158. The van der Waals surface area contributed by atoms with Crippen molar-refractivity contribution in [2.24, 2.45) is 5.92 Å². The Balaban J connectivity index is 1.31. The standard InChI is InChI=1S/C20H23F2N3O3S/c21-16-5-14(6-17(22)18(16)25-12-3-4-13(25)10-29-9-12)24-8-15(28-20(24)27)7-23-19(26)11-1-2-11/h5-6,11-13,15H,1-4,7-10H2,(H,23,26)/t12-,13+,15-/m0/s1. The van der Waals surface area contributed by atoms with Gasteiger partial charge in [-0.3, -0.25) is 9.69 Å². The molecule has 3 atom stereocenters. The molecular formula is C20H23F2N3O3S. The number of amides is 2. The first-order chi connectivity index (χ1) is 14.0. The molecule has 0 spiro atoms. The van der Waals surface area contributed by atoms with Crippen molar-refractivity contribution in [2.45, 2.75) is 43.9 Å². The molecule has 1 saturated carbocycles. The van der Waals surface area contributed by atoms with Gasteiger partial charge in [-0.1, -0.05) is 0 Å². The highest BCUT2D eigenvalue weighted by molar-refractivity contribution is 7.99. The van der Waals surface area contributed by atoms with Crippen LogP contribution in [-0.4, -0.2) is 54.8 Å². The van der Waals surface area contributed by atoms with Gasteiger partial charge >= 0.3 is 6.09 Å². The third-order valence-electron chi connectivity index (χ3n) is 6.14. The fourth-order valence-corrected chi connectivity index (χ4v) is 5.83. The number of anilines is 2. The Bertz CT molecular complexity index is 811. The van der Waals surface area contributed by atoms with Gasteiger partial charge in [-0.15, -0.1) is 0 Å². The van der Waals surface area contributed by atoms with E-state index in [1.54, 1.807) is 0 Å². The first-order valence-electron chi connectivity index (χ1n) is 10.1. The number of hydrogen-bond donors (Lipinski definition) is 1. The van der Waals surface area contributed by atoms with Crippen molar-refractivity contribution in [2.75, 3.05) is 34.4 Å². The summed E-state index contributed by atoms with van der Waals surface area (Å²) in [5.74, 6) is 0.495. The number of carbonyl (C=O) groups excluding carboxylic acids is 2. The number of rotatable bonds is 5. The maximum absolute atomic E-state index is 15.0. The molecule has 1 aromatic carbocycles. The molecule has 5 rings (SSSR count). The van der Waals surface area contributed by atoms with Gasteiger partial charge in [0.15, 0.2) is 11.6 Å². The van der Waals surface area contributed by atoms with Gasteiger partial charge in [0.25, 0.3) is 0 Å². The average molecular weight is 423 g/mol. The van der Waals surface area contributed by atoms with Crippen LogP contribution in [0.2, 0.25) is 0 Å². The lowest BCUT2D eigenvalue weighted by molar-refractivity contribution is -0.122. The monoisotopic (exact) mass is 423 g/mol. The number of ether oxygens (including phenoxy) is 1. The number of nitrogens with zero attached hydrogens (tertiary/aromatic N) is 2. The Morgan fingerprint density at radius 1 is 1.14 bits per heavy atom. The van der Waals surface area contributed by atoms with Crippen LogP contribution in [0.1, 0.15) is 25.7 Å². The van der Waals surface area contributed by atoms with Gasteiger partial charge in [-0.2, -0.15) is 11.8 Å². The summed E-state index contributed by atoms with van der Waals surface area (Å²) < 4.78 is 35.2. The van der Waals surface area contributed by atoms with Crippen molar-refractivity contribution in [3.8, 4) is 0 Å². The van der Waals surface area contributed by atoms with E-state index in [1.807, 2.05) is 16.7 Å². The van der Waals surface area contributed by atoms with Crippen molar-refractivity contribution >= 4 is 35.1 Å². The van der Waals surface area contributed by atoms with Crippen LogP contribution in [0.5, 0.6) is 0 Å². The van der Waals surface area contributed by atoms with E-state index in [0.717, 1.165) is 37.2 Å². The first kappa shape index (κ1) is 19.0. The van der Waals surface area contributed by atoms with Gasteiger partial charge in [-0.25, -0.2) is 13.6 Å². The molecule has 4 fully saturated rings. The summed E-state index contributed by atoms with van der Waals surface area (Å²) in [5, 5.41) is 2.77. The minimum atomic E-state index is -0.656. The highest BCUT2D eigenvalue weighted by atomic mass is 32.2. The number of cyclic esters (lactones) is 1. The lowest BCUT2D eigenvalue weighted by atomic mass is 10.1. The average Bonchev–Trinajstić information content (AvgIpc) is 3.43. The first-order valence-corrected chi connectivity index (χ1v) is 11.3. The zero-order valence-corrected chi connectivity index (χ0v) is 16.7. The van der Waals surface area contributed by atoms with Crippen LogP contribution >= 0.6 is 11.8 Å². The van der Waals surface area contributed by atoms with Crippen LogP contribution < -0.4 is 15.1 Å². The molecule has 3 saturated heterocycles. The summed E-state index contributed by atoms with van der Waals surface area (Å²) in [6.07, 6.45) is 2.49. The highest BCUT2D eigenvalue weighted by Gasteiger charge is 2.40. The molecule has 6 nitrogen and oxygen atoms in total. The third kappa shape index (κ3) is 3.53. The Labute approximate surface area is 171 Å². The summed E-state index contributed by atoms with van der Waals surface area (Å²) in [4.78, 5) is 27.1. The molecular weight excluding hydrogens is 400 g/mol. The van der Waals surface area contributed by atoms with Crippen molar-refractivity contribution in [1.29, 1.82) is 0 Å². The molecule has 1 aromatic rings. The Hall–Kier alpha value is -2.03. The van der Waals surface area contributed by atoms with Gasteiger partial charge in [-0.05, 0) is 25.7 Å². The van der Waals surface area contributed by atoms with Gasteiger partial charge in [0, 0.05) is 41.6 Å². The van der Waals surface area contributed by atoms with Crippen LogP contribution in [0.4, 0.5) is 25.0 Å². The van der Waals surface area contributed by atoms with Crippen molar-refractivity contribution in [1.82, 2.24) is 5.32 Å². The summed E-state index contributed by atoms with van der Waals surface area (Å²) in [6.45, 7) is 0.350. The Kier molecular flexibility index (Phi) is 4.80. The fraction of sp³-hybridized carbons (Fsp3) is 0.600. The smallest absolute Gasteiger partial charge is 0.414 e. The molecule has 9 heteroatoms. The SMILES string of the molecule is O=C(NC[C@H]1CN(c2cc(F)c(N3[C@@H]4CC[C@H]3CSC4)c(F)c2)C(=O)O1)C1CC1. The van der Waals surface area contributed by atoms with Gasteiger partial charge in [0.2, 0.25) is 5.91 Å². The number of thioether (sulfide) groups is 1. The van der Waals surface area contributed by atoms with Gasteiger partial charge in [0.1, 0.15) is 11.8 Å². The molecule has 4 aliphatic rings. The fourth-order valence-electron chi connectivity index (χ4n) is 4.49. The zero-order chi connectivity index (χ0) is 20.1. The maximum Gasteiger partial charge on any atom is 0.414 e. The minimum absolute atomic E-state index is 0.0161. The zero-order valence-electron chi connectivity index (χ0n) is 15.9. The maximum atomic E-state index is 15.0. The number of hydrogen-bond acceptors (Lipinski definition) is 5. The quantitative estimate of drug-likeness (QED) is 0.789. The number of benzene rings is 1. The minimum Gasteiger partial charge on any atom is -0.442 e. The summed E-state index contributed by atoms with van der Waals surface area (Å²) in [7, 11) is 0. The molecule has 2 bridgehead atoms. The van der Waals surface area contributed by atoms with Gasteiger partial charge in [0.05, 0.1) is 18.8 Å². The second kappa shape index (κ2) is 7.34. The van der Waals surface area contributed by atoms with Crippen molar-refractivity contribution in [3.05, 3.63) is 23.8 Å². The van der Waals surface area contributed by atoms with E-state index in [0.29, 0.717) is 0 Å². The second-order valence-corrected chi connectivity index (χ2v) is 9.30. The van der Waals surface area contributed by atoms with E-state index < -0.39 is 23.8 Å². The molecule has 156 valence electrons. The Morgan fingerprint density at radius 2 is 1.79 bits per heavy atom. The van der Waals surface area contributed by atoms with E-state index >= 15 is 0 Å². The summed E-state index contributed by atoms with van der Waals surface area (Å²) in [6, 6.07) is 2.74. The van der Waals surface area contributed by atoms with Crippen LogP contribution in [-0.2, 0) is 9.53 Å². The van der Waals surface area contributed by atoms with E-state index in [4.69, 9.17) is 4.74 Å². The van der Waals surface area contributed by atoms with Crippen LogP contribution in [0, 0.1) is 17.6 Å². The van der Waals surface area contributed by atoms with Crippen LogP contribution in [0.25, 0.3) is 0 Å². The molecule has 2 amide bonds. The molecule has 3 heterocycles. The Morgan fingerprint density at radius 3 is 2.41 bits per heavy atom. The molecule has 1 N–H and O–H groups in total. The van der Waals surface area contributed by atoms with Gasteiger partial charge < -0.3 is 15.0 Å². The molecule has 1 aliphatic carbocycles. The van der Waals surface area contributed by atoms with Crippen molar-refractivity contribution < 1.29 is 23.1 Å². The van der Waals surface area contributed by atoms with E-state index in [-0.39, 0.29) is 48.4 Å². The van der Waals surface area contributed by atoms with E-state index in [9.17, 15) is 18.4 Å². The second-order valence-electron chi connectivity index (χ2n) is 8.22. The lowest BCUT2D eigenvalue weighted by Crippen LogP contribution is -2.43. The molecule has 0 unspecified atom stereocenters. The number of halogens is 2. The normalized spacial score (nSPS) is 28.6.